The molecule has 2 atom stereocenters. The number of hydrogen-bond acceptors (Lipinski definition) is 1. The Bertz CT molecular complexity index is 78.0. The maximum Gasteiger partial charge on any atom is 0.0707 e. The van der Waals surface area contributed by atoms with Crippen molar-refractivity contribution in [1.82, 2.24) is 0 Å². The highest BCUT2D eigenvalue weighted by Crippen LogP contribution is 2.05. The Morgan fingerprint density at radius 1 is 1.50 bits per heavy atom. The predicted octanol–water partition coefficient (Wildman–Crippen LogP) is 2.80. The molecule has 0 aromatic rings. The third-order valence-electron chi connectivity index (χ3n) is 1.31. The number of hydrogen-bond donors (Lipinski definition) is 0. The second-order valence-electron chi connectivity index (χ2n) is 2.30. The minimum Gasteiger partial charge on any atom is -0.377 e. The molecule has 1 unspecified atom stereocenters. The van der Waals surface area contributed by atoms with E-state index in [0.29, 0.717) is 0 Å². The molecular weight excluding hydrogens is 215 g/mol. The van der Waals surface area contributed by atoms with Crippen molar-refractivity contribution in [2.75, 3.05) is 11.9 Å². The van der Waals surface area contributed by atoms with E-state index in [9.17, 15) is 0 Å². The largest absolute Gasteiger partial charge is 0.377 e. The predicted molar refractivity (Wildman–Crippen MR) is 49.1 cm³/mol. The van der Waals surface area contributed by atoms with Crippen molar-refractivity contribution in [3.05, 3.63) is 0 Å². The molecule has 0 rings (SSSR count). The SMILES string of the molecule is CC(OCCCBr)[C@H](C)Cl. The molecule has 0 aromatic carbocycles. The van der Waals surface area contributed by atoms with E-state index in [-0.39, 0.29) is 11.5 Å². The lowest BCUT2D eigenvalue weighted by atomic mass is 10.3. The lowest BCUT2D eigenvalue weighted by Crippen LogP contribution is -2.18. The topological polar surface area (TPSA) is 9.23 Å². The smallest absolute Gasteiger partial charge is 0.0707 e. The Labute approximate surface area is 76.2 Å². The number of halogens is 2. The van der Waals surface area contributed by atoms with Gasteiger partial charge in [-0.1, -0.05) is 15.9 Å². The summed E-state index contributed by atoms with van der Waals surface area (Å²) in [6.07, 6.45) is 1.22. The van der Waals surface area contributed by atoms with Crippen LogP contribution in [0.4, 0.5) is 0 Å². The zero-order chi connectivity index (χ0) is 7.98. The van der Waals surface area contributed by atoms with Crippen LogP contribution in [0, 0.1) is 0 Å². The van der Waals surface area contributed by atoms with Crippen LogP contribution in [0.3, 0.4) is 0 Å². The van der Waals surface area contributed by atoms with Gasteiger partial charge in [-0.2, -0.15) is 0 Å². The molecule has 0 aliphatic carbocycles. The first-order valence-electron chi connectivity index (χ1n) is 3.50. The van der Waals surface area contributed by atoms with Crippen LogP contribution < -0.4 is 0 Å². The molecule has 0 fully saturated rings. The maximum absolute atomic E-state index is 5.77. The van der Waals surface area contributed by atoms with E-state index < -0.39 is 0 Å². The number of alkyl halides is 2. The molecule has 1 nitrogen and oxygen atoms in total. The first-order chi connectivity index (χ1) is 4.68. The fourth-order valence-electron chi connectivity index (χ4n) is 0.456. The molecule has 0 saturated heterocycles. The van der Waals surface area contributed by atoms with Gasteiger partial charge < -0.3 is 4.74 Å². The van der Waals surface area contributed by atoms with Gasteiger partial charge >= 0.3 is 0 Å². The maximum atomic E-state index is 5.77. The lowest BCUT2D eigenvalue weighted by molar-refractivity contribution is 0.0672. The summed E-state index contributed by atoms with van der Waals surface area (Å²) in [4.78, 5) is 0. The van der Waals surface area contributed by atoms with Gasteiger partial charge in [-0.05, 0) is 20.3 Å². The van der Waals surface area contributed by atoms with E-state index >= 15 is 0 Å². The van der Waals surface area contributed by atoms with E-state index in [1.165, 1.54) is 0 Å². The van der Waals surface area contributed by atoms with Gasteiger partial charge in [0, 0.05) is 11.9 Å². The quantitative estimate of drug-likeness (QED) is 0.520. The fraction of sp³-hybridized carbons (Fsp3) is 1.00. The van der Waals surface area contributed by atoms with Gasteiger partial charge in [0.1, 0.15) is 0 Å². The second-order valence-corrected chi connectivity index (χ2v) is 3.78. The molecule has 0 amide bonds. The zero-order valence-corrected chi connectivity index (χ0v) is 8.78. The van der Waals surface area contributed by atoms with Gasteiger partial charge in [0.05, 0.1) is 11.5 Å². The minimum absolute atomic E-state index is 0.107. The van der Waals surface area contributed by atoms with Crippen molar-refractivity contribution < 1.29 is 4.74 Å². The van der Waals surface area contributed by atoms with Crippen LogP contribution in [0.1, 0.15) is 20.3 Å². The summed E-state index contributed by atoms with van der Waals surface area (Å²) in [6.45, 7) is 4.73. The molecule has 0 aliphatic heterocycles. The van der Waals surface area contributed by atoms with Crippen molar-refractivity contribution in [3.8, 4) is 0 Å². The molecule has 0 saturated carbocycles. The molecule has 0 aromatic heterocycles. The van der Waals surface area contributed by atoms with Crippen LogP contribution in [0.5, 0.6) is 0 Å². The Morgan fingerprint density at radius 3 is 2.50 bits per heavy atom. The van der Waals surface area contributed by atoms with E-state index in [1.807, 2.05) is 13.8 Å². The molecule has 0 radical (unpaired) electrons. The van der Waals surface area contributed by atoms with Crippen molar-refractivity contribution >= 4 is 27.5 Å². The molecule has 0 N–H and O–H groups in total. The summed E-state index contributed by atoms with van der Waals surface area (Å²) in [5, 5.41) is 1.10. The molecule has 0 spiro atoms. The van der Waals surface area contributed by atoms with Crippen molar-refractivity contribution in [3.63, 3.8) is 0 Å². The van der Waals surface area contributed by atoms with Gasteiger partial charge in [0.2, 0.25) is 0 Å². The highest BCUT2D eigenvalue weighted by Gasteiger charge is 2.07. The molecule has 0 bridgehead atoms. The monoisotopic (exact) mass is 228 g/mol. The molecular formula is C7H14BrClO. The van der Waals surface area contributed by atoms with E-state index in [0.717, 1.165) is 18.4 Å². The van der Waals surface area contributed by atoms with Gasteiger partial charge in [0.15, 0.2) is 0 Å². The van der Waals surface area contributed by atoms with Crippen molar-refractivity contribution in [2.45, 2.75) is 31.7 Å². The standard InChI is InChI=1S/C7H14BrClO/c1-6(9)7(2)10-5-3-4-8/h6-7H,3-5H2,1-2H3/t6-,7?/m0/s1. The van der Waals surface area contributed by atoms with E-state index in [2.05, 4.69) is 15.9 Å². The normalized spacial score (nSPS) is 16.8. The first-order valence-corrected chi connectivity index (χ1v) is 5.06. The van der Waals surface area contributed by atoms with Crippen LogP contribution in [0.2, 0.25) is 0 Å². The average Bonchev–Trinajstić information content (AvgIpc) is 1.88. The third-order valence-corrected chi connectivity index (χ3v) is 2.22. The summed E-state index contributed by atoms with van der Waals surface area (Å²) < 4.78 is 5.38. The number of ether oxygens (including phenoxy) is 1. The summed E-state index contributed by atoms with van der Waals surface area (Å²) >= 11 is 9.09. The van der Waals surface area contributed by atoms with Crippen LogP contribution in [-0.2, 0) is 4.74 Å². The van der Waals surface area contributed by atoms with Gasteiger partial charge in [0.25, 0.3) is 0 Å². The summed E-state index contributed by atoms with van der Waals surface area (Å²) in [7, 11) is 0. The average molecular weight is 230 g/mol. The minimum atomic E-state index is 0.107. The Morgan fingerprint density at radius 2 is 2.10 bits per heavy atom. The molecule has 62 valence electrons. The van der Waals surface area contributed by atoms with E-state index in [4.69, 9.17) is 16.3 Å². The van der Waals surface area contributed by atoms with Crippen molar-refractivity contribution in [1.29, 1.82) is 0 Å². The van der Waals surface area contributed by atoms with Crippen LogP contribution >= 0.6 is 27.5 Å². The fourth-order valence-corrected chi connectivity index (χ4v) is 0.758. The second kappa shape index (κ2) is 6.44. The Balaban J connectivity index is 3.13. The van der Waals surface area contributed by atoms with Crippen molar-refractivity contribution in [2.24, 2.45) is 0 Å². The third kappa shape index (κ3) is 5.51. The summed E-state index contributed by atoms with van der Waals surface area (Å²) in [5.41, 5.74) is 0. The Kier molecular flexibility index (Phi) is 6.91. The molecule has 0 aliphatic rings. The Hall–Kier alpha value is 0.730. The van der Waals surface area contributed by atoms with Gasteiger partial charge in [-0.25, -0.2) is 0 Å². The van der Waals surface area contributed by atoms with E-state index in [1.54, 1.807) is 0 Å². The molecule has 3 heteroatoms. The first kappa shape index (κ1) is 10.7. The van der Waals surface area contributed by atoms with Gasteiger partial charge in [-0.15, -0.1) is 11.6 Å². The highest BCUT2D eigenvalue weighted by molar-refractivity contribution is 9.09. The van der Waals surface area contributed by atoms with Crippen LogP contribution in [0.25, 0.3) is 0 Å². The molecule has 0 heterocycles. The molecule has 10 heavy (non-hydrogen) atoms. The highest BCUT2D eigenvalue weighted by atomic mass is 79.9. The summed E-state index contributed by atoms with van der Waals surface area (Å²) in [6, 6.07) is 0. The summed E-state index contributed by atoms with van der Waals surface area (Å²) in [5.74, 6) is 0. The van der Waals surface area contributed by atoms with Crippen LogP contribution in [-0.4, -0.2) is 23.4 Å². The zero-order valence-electron chi connectivity index (χ0n) is 6.44. The lowest BCUT2D eigenvalue weighted by Gasteiger charge is -2.13. The number of rotatable bonds is 5. The van der Waals surface area contributed by atoms with Gasteiger partial charge in [-0.3, -0.25) is 0 Å². The van der Waals surface area contributed by atoms with Crippen LogP contribution in [0.15, 0.2) is 0 Å².